The van der Waals surface area contributed by atoms with Crippen LogP contribution in [0.2, 0.25) is 0 Å². The molecule has 8 aromatic rings. The van der Waals surface area contributed by atoms with Crippen molar-refractivity contribution in [2.24, 2.45) is 0 Å². The largest absolute Gasteiger partial charge is 0.478 e. The number of rotatable bonds is 12. The van der Waals surface area contributed by atoms with E-state index in [4.69, 9.17) is 9.47 Å². The molecule has 4 aromatic carbocycles. The maximum absolute atomic E-state index is 11.6. The predicted octanol–water partition coefficient (Wildman–Crippen LogP) is 7.41. The number of hydrogen-bond donors (Lipinski definition) is 2. The average molecular weight is 749 g/mol. The summed E-state index contributed by atoms with van der Waals surface area (Å²) in [6.07, 6.45) is 10.7. The van der Waals surface area contributed by atoms with Crippen molar-refractivity contribution < 1.29 is 29.3 Å². The molecule has 14 nitrogen and oxygen atoms in total. The fraction of sp³-hybridized carbons (Fsp3) is 0.0952. The molecule has 0 unspecified atom stereocenters. The molecule has 0 atom stereocenters. The Morgan fingerprint density at radius 2 is 1.04 bits per heavy atom. The first-order valence-corrected chi connectivity index (χ1v) is 17.3. The van der Waals surface area contributed by atoms with E-state index in [1.54, 1.807) is 91.1 Å². The van der Waals surface area contributed by atoms with Crippen molar-refractivity contribution in [2.75, 3.05) is 14.2 Å². The summed E-state index contributed by atoms with van der Waals surface area (Å²) < 4.78 is 17.8. The van der Waals surface area contributed by atoms with Crippen LogP contribution < -0.4 is 0 Å². The maximum atomic E-state index is 11.6. The van der Waals surface area contributed by atoms with Crippen LogP contribution in [0.25, 0.3) is 56.4 Å². The van der Waals surface area contributed by atoms with Gasteiger partial charge in [0.1, 0.15) is 13.5 Å². The fourth-order valence-corrected chi connectivity index (χ4v) is 6.22. The molecule has 0 aliphatic rings. The van der Waals surface area contributed by atoms with Crippen LogP contribution in [0.1, 0.15) is 20.7 Å². The molecule has 0 fully saturated rings. The van der Waals surface area contributed by atoms with Gasteiger partial charge >= 0.3 is 11.9 Å². The Bertz CT molecular complexity index is 2560. The van der Waals surface area contributed by atoms with Crippen LogP contribution in [0, 0.1) is 0 Å². The topological polar surface area (TPSA) is 164 Å². The molecule has 0 radical (unpaired) electrons. The molecular formula is C42H36N8O6. The van der Waals surface area contributed by atoms with Crippen molar-refractivity contribution >= 4 is 11.9 Å². The Balaban J connectivity index is 0.000000172. The van der Waals surface area contributed by atoms with Crippen LogP contribution in [0.15, 0.2) is 147 Å². The second-order valence-electron chi connectivity index (χ2n) is 12.4. The summed E-state index contributed by atoms with van der Waals surface area (Å²) in [5.74, 6) is -1.96. The number of aromatic nitrogens is 8. The van der Waals surface area contributed by atoms with Gasteiger partial charge < -0.3 is 28.8 Å². The van der Waals surface area contributed by atoms with Gasteiger partial charge in [0.2, 0.25) is 0 Å². The number of benzene rings is 4. The van der Waals surface area contributed by atoms with Crippen LogP contribution in [0.5, 0.6) is 0 Å². The number of imidazole rings is 2. The smallest absolute Gasteiger partial charge is 0.336 e. The first-order valence-electron chi connectivity index (χ1n) is 17.3. The highest BCUT2D eigenvalue weighted by Crippen LogP contribution is 2.31. The summed E-state index contributed by atoms with van der Waals surface area (Å²) in [6.45, 7) is 0.476. The van der Waals surface area contributed by atoms with Gasteiger partial charge in [0.15, 0.2) is 0 Å². The number of carboxylic acids is 2. The van der Waals surface area contributed by atoms with E-state index in [1.807, 2.05) is 88.3 Å². The summed E-state index contributed by atoms with van der Waals surface area (Å²) in [6, 6.07) is 33.4. The number of ether oxygens (including phenoxy) is 2. The van der Waals surface area contributed by atoms with Gasteiger partial charge in [-0.25, -0.2) is 28.9 Å². The molecule has 0 aliphatic carbocycles. The molecule has 0 aliphatic heterocycles. The zero-order valence-corrected chi connectivity index (χ0v) is 30.4. The highest BCUT2D eigenvalue weighted by Gasteiger charge is 2.19. The van der Waals surface area contributed by atoms with Crippen molar-refractivity contribution in [1.82, 2.24) is 38.7 Å². The molecule has 0 amide bonds. The molecule has 4 heterocycles. The SMILES string of the molecule is COCn1nc(-c2ccc(-n3ccnc3)cc2)cc1-c1ccccc1C(=O)O.COCn1nc(-c2ccccc2C(=O)O)cc1-c1ccc(-n2ccnc2)cc1. The maximum Gasteiger partial charge on any atom is 0.336 e. The Hall–Kier alpha value is -7.42. The molecule has 2 N–H and O–H groups in total. The van der Waals surface area contributed by atoms with Crippen molar-refractivity contribution in [3.05, 3.63) is 158 Å². The van der Waals surface area contributed by atoms with Gasteiger partial charge in [-0.2, -0.15) is 10.2 Å². The van der Waals surface area contributed by atoms with Gasteiger partial charge in [-0.15, -0.1) is 0 Å². The van der Waals surface area contributed by atoms with E-state index in [0.29, 0.717) is 22.5 Å². The number of aromatic carboxylic acids is 2. The number of hydrogen-bond acceptors (Lipinski definition) is 8. The van der Waals surface area contributed by atoms with E-state index in [1.165, 1.54) is 0 Å². The lowest BCUT2D eigenvalue weighted by Crippen LogP contribution is -2.06. The summed E-state index contributed by atoms with van der Waals surface area (Å²) in [7, 11) is 3.17. The van der Waals surface area contributed by atoms with Gasteiger partial charge in [0, 0.05) is 72.6 Å². The molecule has 14 heteroatoms. The minimum Gasteiger partial charge on any atom is -0.478 e. The van der Waals surface area contributed by atoms with E-state index in [9.17, 15) is 19.8 Å². The number of carbonyl (C=O) groups is 2. The minimum absolute atomic E-state index is 0.214. The molecule has 0 saturated heterocycles. The fourth-order valence-electron chi connectivity index (χ4n) is 6.22. The number of nitrogens with zero attached hydrogens (tertiary/aromatic N) is 8. The number of carboxylic acid groups (broad SMARTS) is 2. The third kappa shape index (κ3) is 7.91. The van der Waals surface area contributed by atoms with Crippen molar-refractivity contribution in [1.29, 1.82) is 0 Å². The monoisotopic (exact) mass is 748 g/mol. The van der Waals surface area contributed by atoms with E-state index in [2.05, 4.69) is 20.2 Å². The van der Waals surface area contributed by atoms with Crippen molar-refractivity contribution in [2.45, 2.75) is 13.5 Å². The summed E-state index contributed by atoms with van der Waals surface area (Å²) in [5, 5.41) is 28.2. The summed E-state index contributed by atoms with van der Waals surface area (Å²) >= 11 is 0. The van der Waals surface area contributed by atoms with Gasteiger partial charge in [-0.3, -0.25) is 0 Å². The standard InChI is InChI=1S/2C21H18N4O3/c1-28-14-25-20(15-6-8-16(9-7-15)24-11-10-22-13-24)12-19(23-25)17-4-2-3-5-18(17)21(26)27;1-28-14-25-20(17-4-2-3-5-18(17)21(26)27)12-19(23-25)15-6-8-16(9-7-15)24-11-10-22-13-24/h2*2-13H,14H2,1H3,(H,26,27). The first kappa shape index (κ1) is 36.9. The van der Waals surface area contributed by atoms with Crippen LogP contribution in [-0.2, 0) is 22.9 Å². The van der Waals surface area contributed by atoms with Gasteiger partial charge in [-0.1, -0.05) is 60.7 Å². The Labute approximate surface area is 321 Å². The van der Waals surface area contributed by atoms with E-state index < -0.39 is 11.9 Å². The lowest BCUT2D eigenvalue weighted by atomic mass is 10.0. The summed E-state index contributed by atoms with van der Waals surface area (Å²) in [4.78, 5) is 31.3. The van der Waals surface area contributed by atoms with Gasteiger partial charge in [0.25, 0.3) is 0 Å². The predicted molar refractivity (Wildman–Crippen MR) is 208 cm³/mol. The zero-order chi connectivity index (χ0) is 39.0. The lowest BCUT2D eigenvalue weighted by molar-refractivity contribution is 0.0686. The van der Waals surface area contributed by atoms with E-state index >= 15 is 0 Å². The highest BCUT2D eigenvalue weighted by molar-refractivity contribution is 5.96. The lowest BCUT2D eigenvalue weighted by Gasteiger charge is -2.08. The van der Waals surface area contributed by atoms with Crippen LogP contribution in [0.4, 0.5) is 0 Å². The molecule has 4 aromatic heterocycles. The highest BCUT2D eigenvalue weighted by atomic mass is 16.5. The molecule has 280 valence electrons. The zero-order valence-electron chi connectivity index (χ0n) is 30.4. The Kier molecular flexibility index (Phi) is 11.0. The minimum atomic E-state index is -0.983. The van der Waals surface area contributed by atoms with E-state index in [-0.39, 0.29) is 24.6 Å². The third-order valence-electron chi connectivity index (χ3n) is 8.86. The quantitative estimate of drug-likeness (QED) is 0.129. The summed E-state index contributed by atoms with van der Waals surface area (Å²) in [5.41, 5.74) is 8.33. The average Bonchev–Trinajstić information content (AvgIpc) is 4.07. The molecule has 0 bridgehead atoms. The normalized spacial score (nSPS) is 10.9. The molecular weight excluding hydrogens is 713 g/mol. The number of methoxy groups -OCH3 is 2. The van der Waals surface area contributed by atoms with Crippen LogP contribution in [0.3, 0.4) is 0 Å². The molecule has 0 spiro atoms. The van der Waals surface area contributed by atoms with Gasteiger partial charge in [0.05, 0.1) is 46.6 Å². The van der Waals surface area contributed by atoms with E-state index in [0.717, 1.165) is 33.9 Å². The second kappa shape index (κ2) is 16.7. The Morgan fingerprint density at radius 3 is 1.55 bits per heavy atom. The molecule has 56 heavy (non-hydrogen) atoms. The van der Waals surface area contributed by atoms with Crippen LogP contribution >= 0.6 is 0 Å². The van der Waals surface area contributed by atoms with Crippen molar-refractivity contribution in [3.8, 4) is 56.4 Å². The van der Waals surface area contributed by atoms with Crippen LogP contribution in [-0.4, -0.2) is 75.0 Å². The first-order chi connectivity index (χ1) is 27.3. The van der Waals surface area contributed by atoms with Gasteiger partial charge in [-0.05, 0) is 48.5 Å². The third-order valence-corrected chi connectivity index (χ3v) is 8.86. The second-order valence-corrected chi connectivity index (χ2v) is 12.4. The Morgan fingerprint density at radius 1 is 0.571 bits per heavy atom. The van der Waals surface area contributed by atoms with Crippen molar-refractivity contribution in [3.63, 3.8) is 0 Å². The molecule has 8 rings (SSSR count). The molecule has 0 saturated carbocycles.